The average Bonchev–Trinajstić information content (AvgIpc) is 2.04. The maximum absolute atomic E-state index is 10.4. The van der Waals surface area contributed by atoms with Crippen molar-refractivity contribution < 1.29 is 14.6 Å². The topological polar surface area (TPSA) is 46.5 Å². The molecule has 13 heavy (non-hydrogen) atoms. The van der Waals surface area contributed by atoms with E-state index in [9.17, 15) is 4.79 Å². The van der Waals surface area contributed by atoms with Crippen LogP contribution in [0.3, 0.4) is 0 Å². The van der Waals surface area contributed by atoms with E-state index in [0.717, 1.165) is 17.8 Å². The molecule has 0 saturated carbocycles. The van der Waals surface area contributed by atoms with Crippen LogP contribution in [0.15, 0.2) is 23.5 Å². The van der Waals surface area contributed by atoms with Crippen LogP contribution in [-0.4, -0.2) is 17.7 Å². The van der Waals surface area contributed by atoms with Crippen molar-refractivity contribution in [2.24, 2.45) is 0 Å². The lowest BCUT2D eigenvalue weighted by atomic mass is 10.0. The zero-order valence-electron chi connectivity index (χ0n) is 7.75. The SMILES string of the molecule is CCOC1=CCC=C(CC(=O)O)C1. The fourth-order valence-corrected chi connectivity index (χ4v) is 1.35. The summed E-state index contributed by atoms with van der Waals surface area (Å²) in [6.07, 6.45) is 5.52. The van der Waals surface area contributed by atoms with Crippen molar-refractivity contribution in [3.8, 4) is 0 Å². The van der Waals surface area contributed by atoms with Crippen molar-refractivity contribution in [1.29, 1.82) is 0 Å². The van der Waals surface area contributed by atoms with Crippen LogP contribution in [0.1, 0.15) is 26.2 Å². The Balaban J connectivity index is 2.44. The second kappa shape index (κ2) is 4.70. The molecule has 1 rings (SSSR count). The Labute approximate surface area is 77.7 Å². The van der Waals surface area contributed by atoms with E-state index in [0.29, 0.717) is 13.0 Å². The number of ether oxygens (including phenoxy) is 1. The van der Waals surface area contributed by atoms with E-state index >= 15 is 0 Å². The van der Waals surface area contributed by atoms with Crippen molar-refractivity contribution >= 4 is 5.97 Å². The molecule has 72 valence electrons. The highest BCUT2D eigenvalue weighted by atomic mass is 16.5. The Morgan fingerprint density at radius 2 is 2.38 bits per heavy atom. The van der Waals surface area contributed by atoms with Crippen molar-refractivity contribution in [1.82, 2.24) is 0 Å². The van der Waals surface area contributed by atoms with Gasteiger partial charge in [-0.3, -0.25) is 4.79 Å². The predicted molar refractivity (Wildman–Crippen MR) is 49.3 cm³/mol. The molecule has 0 aromatic heterocycles. The summed E-state index contributed by atoms with van der Waals surface area (Å²) in [5, 5.41) is 8.58. The Bertz CT molecular complexity index is 251. The third-order valence-electron chi connectivity index (χ3n) is 1.86. The van der Waals surface area contributed by atoms with Gasteiger partial charge >= 0.3 is 5.97 Å². The van der Waals surface area contributed by atoms with Crippen molar-refractivity contribution in [2.45, 2.75) is 26.2 Å². The molecule has 3 nitrogen and oxygen atoms in total. The fraction of sp³-hybridized carbons (Fsp3) is 0.500. The molecule has 0 atom stereocenters. The second-order valence-corrected chi connectivity index (χ2v) is 2.95. The molecule has 3 heteroatoms. The summed E-state index contributed by atoms with van der Waals surface area (Å²) in [5.74, 6) is 0.130. The van der Waals surface area contributed by atoms with Gasteiger partial charge in [0.25, 0.3) is 0 Å². The summed E-state index contributed by atoms with van der Waals surface area (Å²) in [7, 11) is 0. The van der Waals surface area contributed by atoms with Gasteiger partial charge in [-0.2, -0.15) is 0 Å². The smallest absolute Gasteiger partial charge is 0.307 e. The van der Waals surface area contributed by atoms with Gasteiger partial charge < -0.3 is 9.84 Å². The molecule has 0 unspecified atom stereocenters. The van der Waals surface area contributed by atoms with Crippen LogP contribution in [0.5, 0.6) is 0 Å². The summed E-state index contributed by atoms with van der Waals surface area (Å²) in [4.78, 5) is 10.4. The molecule has 1 aliphatic carbocycles. The second-order valence-electron chi connectivity index (χ2n) is 2.95. The van der Waals surface area contributed by atoms with Crippen LogP contribution in [0.4, 0.5) is 0 Å². The molecule has 0 aromatic carbocycles. The van der Waals surface area contributed by atoms with Gasteiger partial charge in [0.05, 0.1) is 18.8 Å². The molecule has 0 fully saturated rings. The molecule has 0 heterocycles. The maximum atomic E-state index is 10.4. The van der Waals surface area contributed by atoms with E-state index in [1.165, 1.54) is 0 Å². The Kier molecular flexibility index (Phi) is 3.55. The van der Waals surface area contributed by atoms with Gasteiger partial charge in [-0.15, -0.1) is 0 Å². The third-order valence-corrected chi connectivity index (χ3v) is 1.86. The van der Waals surface area contributed by atoms with Crippen molar-refractivity contribution in [3.05, 3.63) is 23.5 Å². The molecule has 0 bridgehead atoms. The lowest BCUT2D eigenvalue weighted by molar-refractivity contribution is -0.136. The first-order chi connectivity index (χ1) is 6.22. The summed E-state index contributed by atoms with van der Waals surface area (Å²) in [6, 6.07) is 0. The van der Waals surface area contributed by atoms with Crippen LogP contribution in [0.25, 0.3) is 0 Å². The van der Waals surface area contributed by atoms with Crippen LogP contribution in [-0.2, 0) is 9.53 Å². The number of rotatable bonds is 4. The minimum absolute atomic E-state index is 0.129. The summed E-state index contributed by atoms with van der Waals surface area (Å²) >= 11 is 0. The highest BCUT2D eigenvalue weighted by molar-refractivity contribution is 5.70. The van der Waals surface area contributed by atoms with E-state index in [2.05, 4.69) is 0 Å². The van der Waals surface area contributed by atoms with Gasteiger partial charge in [0.15, 0.2) is 0 Å². The molecule has 0 aromatic rings. The number of carbonyl (C=O) groups is 1. The normalized spacial score (nSPS) is 16.1. The average molecular weight is 182 g/mol. The number of hydrogen-bond donors (Lipinski definition) is 1. The summed E-state index contributed by atoms with van der Waals surface area (Å²) in [5.41, 5.74) is 0.943. The fourth-order valence-electron chi connectivity index (χ4n) is 1.35. The number of aliphatic carboxylic acids is 1. The van der Waals surface area contributed by atoms with Gasteiger partial charge in [-0.25, -0.2) is 0 Å². The molecule has 0 amide bonds. The van der Waals surface area contributed by atoms with Crippen LogP contribution >= 0.6 is 0 Å². The lowest BCUT2D eigenvalue weighted by Crippen LogP contribution is -2.03. The lowest BCUT2D eigenvalue weighted by Gasteiger charge is -2.14. The Hall–Kier alpha value is -1.25. The first-order valence-corrected chi connectivity index (χ1v) is 4.44. The molecule has 0 aliphatic heterocycles. The van der Waals surface area contributed by atoms with Gasteiger partial charge in [-0.1, -0.05) is 11.6 Å². The van der Waals surface area contributed by atoms with Gasteiger partial charge in [0.1, 0.15) is 0 Å². The van der Waals surface area contributed by atoms with Crippen LogP contribution < -0.4 is 0 Å². The number of hydrogen-bond acceptors (Lipinski definition) is 2. The number of allylic oxidation sites excluding steroid dienone is 3. The molecule has 0 saturated heterocycles. The standard InChI is InChI=1S/C10H14O3/c1-2-13-9-5-3-4-8(6-9)7-10(11)12/h4-5H,2-3,6-7H2,1H3,(H,11,12). The summed E-state index contributed by atoms with van der Waals surface area (Å²) < 4.78 is 5.32. The molecular weight excluding hydrogens is 168 g/mol. The third kappa shape index (κ3) is 3.32. The molecule has 0 spiro atoms. The highest BCUT2D eigenvalue weighted by Crippen LogP contribution is 2.21. The molecular formula is C10H14O3. The molecule has 1 N–H and O–H groups in total. The quantitative estimate of drug-likeness (QED) is 0.677. The zero-order valence-corrected chi connectivity index (χ0v) is 7.75. The van der Waals surface area contributed by atoms with Crippen LogP contribution in [0, 0.1) is 0 Å². The first kappa shape index (κ1) is 9.84. The zero-order chi connectivity index (χ0) is 9.68. The number of carboxylic acids is 1. The van der Waals surface area contributed by atoms with E-state index in [1.807, 2.05) is 19.1 Å². The predicted octanol–water partition coefficient (Wildman–Crippen LogP) is 2.10. The van der Waals surface area contributed by atoms with E-state index in [-0.39, 0.29) is 6.42 Å². The minimum atomic E-state index is -0.774. The maximum Gasteiger partial charge on any atom is 0.307 e. The van der Waals surface area contributed by atoms with Gasteiger partial charge in [0.2, 0.25) is 0 Å². The first-order valence-electron chi connectivity index (χ1n) is 4.44. The minimum Gasteiger partial charge on any atom is -0.498 e. The Morgan fingerprint density at radius 1 is 1.62 bits per heavy atom. The molecule has 0 radical (unpaired) electrons. The van der Waals surface area contributed by atoms with E-state index in [1.54, 1.807) is 0 Å². The largest absolute Gasteiger partial charge is 0.498 e. The van der Waals surface area contributed by atoms with Crippen molar-refractivity contribution in [3.63, 3.8) is 0 Å². The number of carboxylic acid groups (broad SMARTS) is 1. The van der Waals surface area contributed by atoms with Gasteiger partial charge in [-0.05, 0) is 19.4 Å². The highest BCUT2D eigenvalue weighted by Gasteiger charge is 2.10. The van der Waals surface area contributed by atoms with Crippen LogP contribution in [0.2, 0.25) is 0 Å². The summed E-state index contributed by atoms with van der Waals surface area (Å²) in [6.45, 7) is 2.57. The van der Waals surface area contributed by atoms with Crippen molar-refractivity contribution in [2.75, 3.05) is 6.61 Å². The van der Waals surface area contributed by atoms with E-state index in [4.69, 9.17) is 9.84 Å². The monoisotopic (exact) mass is 182 g/mol. The Morgan fingerprint density at radius 3 is 3.00 bits per heavy atom. The van der Waals surface area contributed by atoms with Gasteiger partial charge in [0, 0.05) is 6.42 Å². The molecule has 1 aliphatic rings. The van der Waals surface area contributed by atoms with E-state index < -0.39 is 5.97 Å².